The second-order valence-electron chi connectivity index (χ2n) is 11.9. The quantitative estimate of drug-likeness (QED) is 0.484. The van der Waals surface area contributed by atoms with Gasteiger partial charge in [0.1, 0.15) is 0 Å². The summed E-state index contributed by atoms with van der Waals surface area (Å²) in [6, 6.07) is 7.86. The molecule has 1 aromatic rings. The first-order valence-electron chi connectivity index (χ1n) is 14.0. The summed E-state index contributed by atoms with van der Waals surface area (Å²) in [4.78, 5) is 42.2. The summed E-state index contributed by atoms with van der Waals surface area (Å²) in [5, 5.41) is 5.54. The van der Waals surface area contributed by atoms with Gasteiger partial charge in [-0.15, -0.1) is 0 Å². The number of carbonyl (C=O) groups is 3. The van der Waals surface area contributed by atoms with Crippen molar-refractivity contribution in [2.24, 2.45) is 17.6 Å². The summed E-state index contributed by atoms with van der Waals surface area (Å²) in [7, 11) is 0. The third kappa shape index (κ3) is 8.50. The number of rotatable bonds is 10. The molecule has 2 amide bonds. The van der Waals surface area contributed by atoms with Gasteiger partial charge in [-0.1, -0.05) is 37.6 Å². The van der Waals surface area contributed by atoms with Crippen molar-refractivity contribution >= 4 is 29.2 Å². The Kier molecular flexibility index (Phi) is 10.7. The molecule has 2 heterocycles. The lowest BCUT2D eigenvalue weighted by Crippen LogP contribution is -2.60. The van der Waals surface area contributed by atoms with Crippen LogP contribution in [0.5, 0.6) is 0 Å². The molecule has 2 aliphatic heterocycles. The van der Waals surface area contributed by atoms with Gasteiger partial charge in [0, 0.05) is 76.1 Å². The molecule has 1 atom stereocenters. The van der Waals surface area contributed by atoms with Crippen molar-refractivity contribution in [1.29, 1.82) is 0 Å². The van der Waals surface area contributed by atoms with Gasteiger partial charge in [0.2, 0.25) is 11.8 Å². The predicted molar refractivity (Wildman–Crippen MR) is 152 cm³/mol. The van der Waals surface area contributed by atoms with E-state index in [9.17, 15) is 14.4 Å². The van der Waals surface area contributed by atoms with Crippen LogP contribution in [0.15, 0.2) is 24.3 Å². The van der Waals surface area contributed by atoms with Crippen molar-refractivity contribution in [1.82, 2.24) is 19.8 Å². The number of benzene rings is 1. The molecule has 2 saturated heterocycles. The number of amides is 2. The zero-order valence-electron chi connectivity index (χ0n) is 23.8. The van der Waals surface area contributed by atoms with Gasteiger partial charge in [0.05, 0.1) is 5.54 Å². The average Bonchev–Trinajstić information content (AvgIpc) is 2.87. The summed E-state index contributed by atoms with van der Waals surface area (Å²) in [6.07, 6.45) is 2.53. The Morgan fingerprint density at radius 3 is 2.08 bits per heavy atom. The van der Waals surface area contributed by atoms with Crippen molar-refractivity contribution in [3.63, 3.8) is 0 Å². The highest BCUT2D eigenvalue weighted by Crippen LogP contribution is 2.24. The smallest absolute Gasteiger partial charge is 0.226 e. The normalized spacial score (nSPS) is 18.8. The van der Waals surface area contributed by atoms with Crippen molar-refractivity contribution in [3.8, 4) is 0 Å². The van der Waals surface area contributed by atoms with E-state index < -0.39 is 11.5 Å². The van der Waals surface area contributed by atoms with Gasteiger partial charge in [-0.3, -0.25) is 14.4 Å². The molecule has 2 aliphatic rings. The summed E-state index contributed by atoms with van der Waals surface area (Å²) in [5.74, 6) is 0.108. The van der Waals surface area contributed by atoms with Crippen molar-refractivity contribution < 1.29 is 14.4 Å². The van der Waals surface area contributed by atoms with Crippen LogP contribution in [0, 0.1) is 11.8 Å². The fourth-order valence-corrected chi connectivity index (χ4v) is 5.54. The number of nitrogens with zero attached hydrogens (tertiary/aromatic N) is 4. The molecule has 0 aromatic heterocycles. The molecule has 38 heavy (non-hydrogen) atoms. The Morgan fingerprint density at radius 2 is 1.58 bits per heavy atom. The van der Waals surface area contributed by atoms with E-state index in [0.29, 0.717) is 36.5 Å². The predicted octanol–water partition coefficient (Wildman–Crippen LogP) is 3.22. The molecule has 3 rings (SSSR count). The van der Waals surface area contributed by atoms with E-state index in [1.54, 1.807) is 20.8 Å². The Morgan fingerprint density at radius 1 is 1.00 bits per heavy atom. The lowest BCUT2D eigenvalue weighted by molar-refractivity contribution is -0.147. The number of hydrogen-bond donors (Lipinski definition) is 1. The van der Waals surface area contributed by atoms with Crippen LogP contribution in [0.1, 0.15) is 59.4 Å². The number of piperazine rings is 1. The van der Waals surface area contributed by atoms with Crippen molar-refractivity contribution in [3.05, 3.63) is 34.9 Å². The first-order valence-corrected chi connectivity index (χ1v) is 14.4. The van der Waals surface area contributed by atoms with Gasteiger partial charge >= 0.3 is 0 Å². The highest BCUT2D eigenvalue weighted by atomic mass is 35.5. The number of nitrogens with two attached hydrogens (primary N) is 1. The Labute approximate surface area is 233 Å². The second kappa shape index (κ2) is 13.4. The second-order valence-corrected chi connectivity index (χ2v) is 12.3. The molecule has 0 aliphatic carbocycles. The van der Waals surface area contributed by atoms with E-state index in [1.165, 1.54) is 0 Å². The number of hydrogen-bond acceptors (Lipinski definition) is 6. The summed E-state index contributed by atoms with van der Waals surface area (Å²) in [6.45, 7) is 14.8. The van der Waals surface area contributed by atoms with Crippen LogP contribution in [0.25, 0.3) is 0 Å². The zero-order chi connectivity index (χ0) is 28.0. The number of likely N-dealkylation sites (tertiary alicyclic amines) is 1. The lowest BCUT2D eigenvalue weighted by Gasteiger charge is -2.47. The number of halogens is 1. The number of Topliss-reactive ketones (excluding diaryl/α,β-unsaturated/α-hetero) is 1. The molecule has 0 radical (unpaired) electrons. The molecular weight excluding hydrogens is 502 g/mol. The maximum absolute atomic E-state index is 13.7. The van der Waals surface area contributed by atoms with Crippen molar-refractivity contribution in [2.45, 2.75) is 71.9 Å². The van der Waals surface area contributed by atoms with Gasteiger partial charge in [-0.25, -0.2) is 10.0 Å². The van der Waals surface area contributed by atoms with Crippen LogP contribution in [-0.4, -0.2) is 94.8 Å². The topological polar surface area (TPSA) is 90.2 Å². The first-order chi connectivity index (χ1) is 17.8. The van der Waals surface area contributed by atoms with Gasteiger partial charge < -0.3 is 15.5 Å². The highest BCUT2D eigenvalue weighted by Gasteiger charge is 2.35. The Bertz CT molecular complexity index is 946. The fourth-order valence-electron chi connectivity index (χ4n) is 5.42. The summed E-state index contributed by atoms with van der Waals surface area (Å²) >= 11 is 6.05. The zero-order valence-corrected chi connectivity index (χ0v) is 24.5. The third-order valence-corrected chi connectivity index (χ3v) is 7.96. The number of carbonyl (C=O) groups excluding carboxylic acids is 3. The molecule has 0 unspecified atom stereocenters. The first kappa shape index (κ1) is 30.5. The molecule has 0 bridgehead atoms. The van der Waals surface area contributed by atoms with E-state index in [-0.39, 0.29) is 24.0 Å². The van der Waals surface area contributed by atoms with Gasteiger partial charge in [-0.05, 0) is 56.7 Å². The average molecular weight is 548 g/mol. The van der Waals surface area contributed by atoms with Gasteiger partial charge in [-0.2, -0.15) is 0 Å². The molecule has 2 N–H and O–H groups in total. The Hall–Kier alpha value is -2.00. The SMILES string of the molecule is CC(=O)N1CCC(N(CC(C)C)N2CCN(C(=O)[C@H](CC(=O)C(C)(C)N)Cc3ccc(Cl)cc3)CC2)CC1. The molecular formula is C29H46ClN5O3. The minimum atomic E-state index is -0.980. The number of ketones is 1. The van der Waals surface area contributed by atoms with E-state index in [1.807, 2.05) is 34.1 Å². The van der Waals surface area contributed by atoms with E-state index in [2.05, 4.69) is 23.9 Å². The highest BCUT2D eigenvalue weighted by molar-refractivity contribution is 6.30. The minimum absolute atomic E-state index is 0.0161. The fraction of sp³-hybridized carbons (Fsp3) is 0.690. The van der Waals surface area contributed by atoms with E-state index in [0.717, 1.165) is 51.1 Å². The number of piperidine rings is 1. The molecule has 0 saturated carbocycles. The Balaban J connectivity index is 1.66. The molecule has 2 fully saturated rings. The van der Waals surface area contributed by atoms with Gasteiger partial charge in [0.15, 0.2) is 5.78 Å². The van der Waals surface area contributed by atoms with Crippen LogP contribution in [-0.2, 0) is 20.8 Å². The maximum Gasteiger partial charge on any atom is 0.226 e. The molecule has 1 aromatic carbocycles. The molecule has 9 heteroatoms. The molecule has 8 nitrogen and oxygen atoms in total. The standard InChI is InChI=1S/C29H46ClN5O3/c1-21(2)20-35(26-10-12-32(13-11-26)22(3)36)34-16-14-33(15-17-34)28(38)24(19-27(37)29(4,5)31)18-23-6-8-25(30)9-7-23/h6-9,21,24,26H,10-20,31H2,1-5H3/t24-/m0/s1. The van der Waals surface area contributed by atoms with Crippen LogP contribution in [0.2, 0.25) is 5.02 Å². The van der Waals surface area contributed by atoms with E-state index >= 15 is 0 Å². The van der Waals surface area contributed by atoms with Crippen LogP contribution >= 0.6 is 11.6 Å². The summed E-state index contributed by atoms with van der Waals surface area (Å²) < 4.78 is 0. The maximum atomic E-state index is 13.7. The number of hydrazine groups is 1. The van der Waals surface area contributed by atoms with Crippen LogP contribution < -0.4 is 5.73 Å². The minimum Gasteiger partial charge on any atom is -0.343 e. The lowest BCUT2D eigenvalue weighted by atomic mass is 9.87. The van der Waals surface area contributed by atoms with Crippen LogP contribution in [0.4, 0.5) is 0 Å². The van der Waals surface area contributed by atoms with Crippen LogP contribution in [0.3, 0.4) is 0 Å². The molecule has 0 spiro atoms. The summed E-state index contributed by atoms with van der Waals surface area (Å²) in [5.41, 5.74) is 6.08. The largest absolute Gasteiger partial charge is 0.343 e. The monoisotopic (exact) mass is 547 g/mol. The van der Waals surface area contributed by atoms with Gasteiger partial charge in [0.25, 0.3) is 0 Å². The molecule has 212 valence electrons. The van der Waals surface area contributed by atoms with E-state index in [4.69, 9.17) is 17.3 Å². The third-order valence-electron chi connectivity index (χ3n) is 7.71. The van der Waals surface area contributed by atoms with Crippen molar-refractivity contribution in [2.75, 3.05) is 45.8 Å².